The second-order valence-corrected chi connectivity index (χ2v) is 1.81. The number of hydrogen-bond acceptors (Lipinski definition) is 3. The zero-order chi connectivity index (χ0) is 6.85. The molecule has 0 aliphatic heterocycles. The summed E-state index contributed by atoms with van der Waals surface area (Å²) in [5.74, 6) is 0.0559. The molecule has 48 valence electrons. The summed E-state index contributed by atoms with van der Waals surface area (Å²) < 4.78 is 0. The van der Waals surface area contributed by atoms with Crippen LogP contribution in [0.25, 0.3) is 0 Å². The van der Waals surface area contributed by atoms with E-state index >= 15 is 0 Å². The molecule has 0 unspecified atom stereocenters. The minimum Gasteiger partial charge on any atom is -0.382 e. The Morgan fingerprint density at radius 1 is 1.78 bits per heavy atom. The molecule has 0 aliphatic rings. The van der Waals surface area contributed by atoms with Crippen LogP contribution in [0.5, 0.6) is 0 Å². The molecule has 1 aromatic heterocycles. The van der Waals surface area contributed by atoms with E-state index in [2.05, 4.69) is 9.97 Å². The summed E-state index contributed by atoms with van der Waals surface area (Å²) in [6, 6.07) is 0. The Morgan fingerprint density at radius 3 is 2.89 bits per heavy atom. The largest absolute Gasteiger partial charge is 0.382 e. The molecule has 0 fully saturated rings. The van der Waals surface area contributed by atoms with Gasteiger partial charge in [0.05, 0.1) is 6.33 Å². The number of anilines is 1. The first-order valence-electron chi connectivity index (χ1n) is 2.20. The van der Waals surface area contributed by atoms with Crippen LogP contribution in [0.3, 0.4) is 0 Å². The van der Waals surface area contributed by atoms with Gasteiger partial charge in [0.15, 0.2) is 0 Å². The lowest BCUT2D eigenvalue weighted by Crippen LogP contribution is -2.09. The van der Waals surface area contributed by atoms with Gasteiger partial charge in [0.1, 0.15) is 10.8 Å². The smallest absolute Gasteiger partial charge is 0.271 e. The van der Waals surface area contributed by atoms with Crippen molar-refractivity contribution < 1.29 is 0 Å². The van der Waals surface area contributed by atoms with Gasteiger partial charge in [-0.15, -0.1) is 0 Å². The Morgan fingerprint density at radius 2 is 2.44 bits per heavy atom. The van der Waals surface area contributed by atoms with Crippen LogP contribution in [0.1, 0.15) is 0 Å². The van der Waals surface area contributed by atoms with Gasteiger partial charge in [0, 0.05) is 0 Å². The van der Waals surface area contributed by atoms with Crippen LogP contribution >= 0.6 is 11.6 Å². The van der Waals surface area contributed by atoms with Crippen LogP contribution in [0, 0.1) is 0 Å². The Kier molecular flexibility index (Phi) is 1.40. The Hall–Kier alpha value is -1.03. The first-order chi connectivity index (χ1) is 4.22. The van der Waals surface area contributed by atoms with Gasteiger partial charge in [-0.2, -0.15) is 0 Å². The van der Waals surface area contributed by atoms with Crippen LogP contribution in [-0.4, -0.2) is 9.97 Å². The summed E-state index contributed by atoms with van der Waals surface area (Å²) in [7, 11) is 0. The van der Waals surface area contributed by atoms with Crippen molar-refractivity contribution in [2.24, 2.45) is 0 Å². The Balaban J connectivity index is 3.43. The van der Waals surface area contributed by atoms with E-state index in [-0.39, 0.29) is 10.8 Å². The van der Waals surface area contributed by atoms with Crippen molar-refractivity contribution >= 4 is 17.4 Å². The Labute approximate surface area is 55.7 Å². The number of nitrogens with one attached hydrogen (secondary N) is 1. The third kappa shape index (κ3) is 1.02. The zero-order valence-corrected chi connectivity index (χ0v) is 5.14. The molecule has 0 aromatic carbocycles. The van der Waals surface area contributed by atoms with Gasteiger partial charge in [0.2, 0.25) is 0 Å². The number of hydrogen-bond donors (Lipinski definition) is 2. The van der Waals surface area contributed by atoms with Crippen LogP contribution < -0.4 is 11.3 Å². The second kappa shape index (κ2) is 2.06. The van der Waals surface area contributed by atoms with Gasteiger partial charge in [-0.05, 0) is 0 Å². The fraction of sp³-hybridized carbons (Fsp3) is 0. The molecule has 0 bridgehead atoms. The summed E-state index contributed by atoms with van der Waals surface area (Å²) in [5, 5.41) is -0.0579. The van der Waals surface area contributed by atoms with Gasteiger partial charge < -0.3 is 10.7 Å². The van der Waals surface area contributed by atoms with Crippen molar-refractivity contribution in [3.63, 3.8) is 0 Å². The zero-order valence-electron chi connectivity index (χ0n) is 4.39. The second-order valence-electron chi connectivity index (χ2n) is 1.43. The topological polar surface area (TPSA) is 71.8 Å². The highest BCUT2D eigenvalue weighted by atomic mass is 35.5. The molecule has 5 heteroatoms. The van der Waals surface area contributed by atoms with Crippen molar-refractivity contribution in [3.8, 4) is 0 Å². The average molecular weight is 146 g/mol. The lowest BCUT2D eigenvalue weighted by atomic mass is 10.6. The van der Waals surface area contributed by atoms with Crippen LogP contribution in [0.2, 0.25) is 5.02 Å². The van der Waals surface area contributed by atoms with Crippen molar-refractivity contribution in [2.45, 2.75) is 0 Å². The maximum atomic E-state index is 10.5. The predicted octanol–water partition coefficient (Wildman–Crippen LogP) is 0.00550. The van der Waals surface area contributed by atoms with E-state index in [0.29, 0.717) is 0 Å². The molecule has 3 N–H and O–H groups in total. The lowest BCUT2D eigenvalue weighted by molar-refractivity contribution is 1.13. The molecule has 0 spiro atoms. The summed E-state index contributed by atoms with van der Waals surface area (Å²) in [5.41, 5.74) is 4.74. The van der Waals surface area contributed by atoms with Crippen LogP contribution in [0.15, 0.2) is 11.1 Å². The third-order valence-corrected chi connectivity index (χ3v) is 1.19. The number of nitrogens with two attached hydrogens (primary N) is 1. The van der Waals surface area contributed by atoms with E-state index in [1.54, 1.807) is 0 Å². The summed E-state index contributed by atoms with van der Waals surface area (Å²) in [6.45, 7) is 0. The maximum Gasteiger partial charge on any atom is 0.271 e. The molecule has 1 rings (SSSR count). The van der Waals surface area contributed by atoms with E-state index < -0.39 is 5.56 Å². The summed E-state index contributed by atoms with van der Waals surface area (Å²) >= 11 is 5.35. The number of nitrogen functional groups attached to an aromatic ring is 1. The predicted molar refractivity (Wildman–Crippen MR) is 34.3 cm³/mol. The molecule has 0 amide bonds. The molecule has 1 aromatic rings. The standard InChI is InChI=1S/C4H4ClN3O/c5-2-3(6)7-1-8-4(2)9/h1H,(H3,6,7,8,9). The van der Waals surface area contributed by atoms with Crippen molar-refractivity contribution in [2.75, 3.05) is 5.73 Å². The van der Waals surface area contributed by atoms with E-state index in [0.717, 1.165) is 0 Å². The maximum absolute atomic E-state index is 10.5. The summed E-state index contributed by atoms with van der Waals surface area (Å²) in [4.78, 5) is 16.3. The first-order valence-corrected chi connectivity index (χ1v) is 2.58. The highest BCUT2D eigenvalue weighted by molar-refractivity contribution is 6.32. The number of rotatable bonds is 0. The fourth-order valence-electron chi connectivity index (χ4n) is 0.397. The molecule has 4 nitrogen and oxygen atoms in total. The fourth-order valence-corrected chi connectivity index (χ4v) is 0.500. The number of aromatic nitrogens is 2. The number of nitrogens with zero attached hydrogens (tertiary/aromatic N) is 1. The van der Waals surface area contributed by atoms with E-state index in [1.165, 1.54) is 6.33 Å². The molecule has 0 atom stereocenters. The quantitative estimate of drug-likeness (QED) is 0.540. The Bertz CT molecular complexity index is 269. The molecular formula is C4H4ClN3O. The molecule has 0 radical (unpaired) electrons. The number of halogens is 1. The van der Waals surface area contributed by atoms with E-state index in [9.17, 15) is 4.79 Å². The van der Waals surface area contributed by atoms with Gasteiger partial charge in [-0.3, -0.25) is 4.79 Å². The SMILES string of the molecule is Nc1nc[nH]c(=O)c1Cl. The van der Waals surface area contributed by atoms with Crippen molar-refractivity contribution in [3.05, 3.63) is 21.7 Å². The number of H-pyrrole nitrogens is 1. The highest BCUT2D eigenvalue weighted by Crippen LogP contribution is 2.05. The summed E-state index contributed by atoms with van der Waals surface area (Å²) in [6.07, 6.45) is 1.20. The number of aromatic amines is 1. The molecule has 1 heterocycles. The van der Waals surface area contributed by atoms with Gasteiger partial charge in [-0.1, -0.05) is 11.6 Å². The molecule has 0 aliphatic carbocycles. The molecule has 0 saturated heterocycles. The molecule has 0 saturated carbocycles. The van der Waals surface area contributed by atoms with Gasteiger partial charge >= 0.3 is 0 Å². The highest BCUT2D eigenvalue weighted by Gasteiger charge is 1.98. The monoisotopic (exact) mass is 145 g/mol. The van der Waals surface area contributed by atoms with E-state index in [4.69, 9.17) is 17.3 Å². The lowest BCUT2D eigenvalue weighted by Gasteiger charge is -1.90. The van der Waals surface area contributed by atoms with Gasteiger partial charge in [0.25, 0.3) is 5.56 Å². The van der Waals surface area contributed by atoms with Crippen molar-refractivity contribution in [1.29, 1.82) is 0 Å². The first kappa shape index (κ1) is 6.10. The molecular weight excluding hydrogens is 142 g/mol. The minimum absolute atomic E-state index is 0.0559. The van der Waals surface area contributed by atoms with E-state index in [1.807, 2.05) is 0 Å². The van der Waals surface area contributed by atoms with Crippen molar-refractivity contribution in [1.82, 2.24) is 9.97 Å². The van der Waals surface area contributed by atoms with Crippen LogP contribution in [0.4, 0.5) is 5.82 Å². The van der Waals surface area contributed by atoms with Gasteiger partial charge in [-0.25, -0.2) is 4.98 Å². The minimum atomic E-state index is -0.413. The normalized spacial score (nSPS) is 9.44. The average Bonchev–Trinajstić information content (AvgIpc) is 1.83. The van der Waals surface area contributed by atoms with Crippen LogP contribution in [-0.2, 0) is 0 Å². The molecule has 9 heavy (non-hydrogen) atoms. The third-order valence-electron chi connectivity index (χ3n) is 0.824.